The van der Waals surface area contributed by atoms with Gasteiger partial charge in [0.05, 0.1) is 18.1 Å². The molecule has 7 nitrogen and oxygen atoms in total. The Morgan fingerprint density at radius 2 is 2.15 bits per heavy atom. The Bertz CT molecular complexity index is 491. The van der Waals surface area contributed by atoms with Crippen molar-refractivity contribution in [2.24, 2.45) is 0 Å². The lowest BCUT2D eigenvalue weighted by Crippen LogP contribution is -2.37. The van der Waals surface area contributed by atoms with E-state index in [1.54, 1.807) is 17.0 Å². The van der Waals surface area contributed by atoms with Gasteiger partial charge >= 0.3 is 0 Å². The topological polar surface area (TPSA) is 95.7 Å². The maximum Gasteiger partial charge on any atom is 0.292 e. The lowest BCUT2D eigenvalue weighted by molar-refractivity contribution is -0.384. The molecule has 0 aliphatic rings. The number of nitro benzene ring substituents is 1. The van der Waals surface area contributed by atoms with Gasteiger partial charge in [0.1, 0.15) is 5.69 Å². The largest absolute Gasteiger partial charge is 0.392 e. The van der Waals surface area contributed by atoms with E-state index in [9.17, 15) is 14.9 Å². The second kappa shape index (κ2) is 7.44. The van der Waals surface area contributed by atoms with Crippen LogP contribution < -0.4 is 10.2 Å². The summed E-state index contributed by atoms with van der Waals surface area (Å²) in [4.78, 5) is 23.9. The van der Waals surface area contributed by atoms with Crippen molar-refractivity contribution >= 4 is 17.3 Å². The molecule has 7 heteroatoms. The number of nitrogens with zero attached hydrogens (tertiary/aromatic N) is 2. The summed E-state index contributed by atoms with van der Waals surface area (Å²) in [6.07, 6.45) is 0. The Labute approximate surface area is 117 Å². The highest BCUT2D eigenvalue weighted by Gasteiger charge is 2.20. The summed E-state index contributed by atoms with van der Waals surface area (Å²) < 4.78 is 0. The van der Waals surface area contributed by atoms with Gasteiger partial charge in [0, 0.05) is 19.2 Å². The van der Waals surface area contributed by atoms with Gasteiger partial charge in [-0.25, -0.2) is 0 Å². The van der Waals surface area contributed by atoms with Crippen LogP contribution in [0, 0.1) is 10.1 Å². The van der Waals surface area contributed by atoms with E-state index in [0.29, 0.717) is 24.3 Å². The van der Waals surface area contributed by atoms with E-state index in [1.165, 1.54) is 6.07 Å². The molecule has 0 aromatic heterocycles. The number of hydrogen-bond acceptors (Lipinski definition) is 5. The van der Waals surface area contributed by atoms with Crippen LogP contribution in [0.3, 0.4) is 0 Å². The van der Waals surface area contributed by atoms with Gasteiger partial charge in [-0.2, -0.15) is 0 Å². The zero-order valence-corrected chi connectivity index (χ0v) is 11.6. The maximum absolute atomic E-state index is 11.6. The van der Waals surface area contributed by atoms with Gasteiger partial charge in [0.15, 0.2) is 0 Å². The van der Waals surface area contributed by atoms with Crippen molar-refractivity contribution in [3.05, 3.63) is 33.9 Å². The predicted molar refractivity (Wildman–Crippen MR) is 75.6 cm³/mol. The van der Waals surface area contributed by atoms with E-state index in [2.05, 4.69) is 5.32 Å². The van der Waals surface area contributed by atoms with E-state index < -0.39 is 4.92 Å². The van der Waals surface area contributed by atoms with Gasteiger partial charge in [-0.3, -0.25) is 14.9 Å². The fraction of sp³-hybridized carbons (Fsp3) is 0.462. The van der Waals surface area contributed by atoms with Crippen molar-refractivity contribution in [3.63, 3.8) is 0 Å². The number of aliphatic hydroxyl groups is 1. The van der Waals surface area contributed by atoms with Crippen molar-refractivity contribution in [2.75, 3.05) is 24.5 Å². The van der Waals surface area contributed by atoms with Crippen LogP contribution in [0.2, 0.25) is 0 Å². The number of likely N-dealkylation sites (N-methyl/N-ethyl adjacent to an activating group) is 2. The Hall–Kier alpha value is -2.15. The van der Waals surface area contributed by atoms with Gasteiger partial charge in [-0.05, 0) is 25.5 Å². The summed E-state index contributed by atoms with van der Waals surface area (Å²) in [5.41, 5.74) is 0.734. The molecule has 0 saturated heterocycles. The van der Waals surface area contributed by atoms with Crippen LogP contribution in [0.4, 0.5) is 11.4 Å². The second-order valence-electron chi connectivity index (χ2n) is 4.21. The van der Waals surface area contributed by atoms with Gasteiger partial charge in [-0.1, -0.05) is 6.07 Å². The Balaban J connectivity index is 3.07. The number of aliphatic hydroxyl groups excluding tert-OH is 1. The molecule has 0 aliphatic carbocycles. The van der Waals surface area contributed by atoms with Crippen LogP contribution in [-0.2, 0) is 11.4 Å². The zero-order chi connectivity index (χ0) is 15.1. The molecular weight excluding hydrogens is 262 g/mol. The first-order chi connectivity index (χ1) is 9.53. The molecule has 1 aromatic rings. The minimum atomic E-state index is -0.505. The smallest absolute Gasteiger partial charge is 0.292 e. The third kappa shape index (κ3) is 3.92. The van der Waals surface area contributed by atoms with Crippen LogP contribution in [0.1, 0.15) is 19.4 Å². The van der Waals surface area contributed by atoms with Crippen LogP contribution >= 0.6 is 0 Å². The molecule has 0 bridgehead atoms. The quantitative estimate of drug-likeness (QED) is 0.575. The summed E-state index contributed by atoms with van der Waals surface area (Å²) in [6, 6.07) is 4.50. The van der Waals surface area contributed by atoms with Gasteiger partial charge in [0.25, 0.3) is 5.69 Å². The summed E-state index contributed by atoms with van der Waals surface area (Å²) in [7, 11) is 0. The summed E-state index contributed by atoms with van der Waals surface area (Å²) in [5, 5.41) is 22.8. The number of hydrogen-bond donors (Lipinski definition) is 2. The van der Waals surface area contributed by atoms with Crippen molar-refractivity contribution in [1.82, 2.24) is 5.32 Å². The second-order valence-corrected chi connectivity index (χ2v) is 4.21. The third-order valence-electron chi connectivity index (χ3n) is 2.85. The number of benzene rings is 1. The first-order valence-corrected chi connectivity index (χ1v) is 6.43. The standard InChI is InChI=1S/C13H19N3O4/c1-3-14-13(18)8-15(4-2)11-6-5-10(9-17)7-12(11)16(19)20/h5-7,17H,3-4,8-9H2,1-2H3,(H,14,18). The van der Waals surface area contributed by atoms with E-state index >= 15 is 0 Å². The molecule has 1 aromatic carbocycles. The van der Waals surface area contributed by atoms with E-state index in [1.807, 2.05) is 13.8 Å². The number of anilines is 1. The molecule has 0 fully saturated rings. The Morgan fingerprint density at radius 3 is 2.65 bits per heavy atom. The minimum absolute atomic E-state index is 0.0592. The van der Waals surface area contributed by atoms with Gasteiger partial charge < -0.3 is 15.3 Å². The molecule has 20 heavy (non-hydrogen) atoms. The molecule has 0 aliphatic heterocycles. The summed E-state index contributed by atoms with van der Waals surface area (Å²) in [6.45, 7) is 4.42. The lowest BCUT2D eigenvalue weighted by Gasteiger charge is -2.22. The molecule has 1 rings (SSSR count). The van der Waals surface area contributed by atoms with Crippen molar-refractivity contribution in [3.8, 4) is 0 Å². The third-order valence-corrected chi connectivity index (χ3v) is 2.85. The monoisotopic (exact) mass is 281 g/mol. The fourth-order valence-electron chi connectivity index (χ4n) is 1.87. The number of amides is 1. The van der Waals surface area contributed by atoms with E-state index in [0.717, 1.165) is 0 Å². The number of carbonyl (C=O) groups excluding carboxylic acids is 1. The molecule has 0 radical (unpaired) electrons. The predicted octanol–water partition coefficient (Wildman–Crippen LogP) is 1.05. The summed E-state index contributed by atoms with van der Waals surface area (Å²) in [5.74, 6) is -0.185. The Morgan fingerprint density at radius 1 is 1.45 bits per heavy atom. The zero-order valence-electron chi connectivity index (χ0n) is 11.6. The van der Waals surface area contributed by atoms with Crippen LogP contribution in [-0.4, -0.2) is 35.6 Å². The van der Waals surface area contributed by atoms with E-state index in [-0.39, 0.29) is 24.7 Å². The highest BCUT2D eigenvalue weighted by Crippen LogP contribution is 2.29. The molecule has 0 saturated carbocycles. The first-order valence-electron chi connectivity index (χ1n) is 6.43. The molecule has 0 heterocycles. The highest BCUT2D eigenvalue weighted by atomic mass is 16.6. The highest BCUT2D eigenvalue weighted by molar-refractivity contribution is 5.82. The number of nitro groups is 1. The molecule has 0 atom stereocenters. The van der Waals surface area contributed by atoms with Crippen molar-refractivity contribution in [1.29, 1.82) is 0 Å². The number of carbonyl (C=O) groups is 1. The van der Waals surface area contributed by atoms with Crippen molar-refractivity contribution in [2.45, 2.75) is 20.5 Å². The summed E-state index contributed by atoms with van der Waals surface area (Å²) >= 11 is 0. The van der Waals surface area contributed by atoms with Crippen LogP contribution in [0.5, 0.6) is 0 Å². The van der Waals surface area contributed by atoms with Crippen LogP contribution in [0.15, 0.2) is 18.2 Å². The molecular formula is C13H19N3O4. The maximum atomic E-state index is 11.6. The lowest BCUT2D eigenvalue weighted by atomic mass is 10.1. The van der Waals surface area contributed by atoms with Crippen molar-refractivity contribution < 1.29 is 14.8 Å². The Kier molecular flexibility index (Phi) is 5.92. The average Bonchev–Trinajstić information content (AvgIpc) is 2.44. The average molecular weight is 281 g/mol. The normalized spacial score (nSPS) is 10.2. The SMILES string of the molecule is CCNC(=O)CN(CC)c1ccc(CO)cc1[N+](=O)[O-]. The van der Waals surface area contributed by atoms with E-state index in [4.69, 9.17) is 5.11 Å². The molecule has 110 valence electrons. The number of rotatable bonds is 7. The minimum Gasteiger partial charge on any atom is -0.392 e. The van der Waals surface area contributed by atoms with Gasteiger partial charge in [0.2, 0.25) is 5.91 Å². The van der Waals surface area contributed by atoms with Crippen LogP contribution in [0.25, 0.3) is 0 Å². The molecule has 0 unspecified atom stereocenters. The molecule has 2 N–H and O–H groups in total. The fourth-order valence-corrected chi connectivity index (χ4v) is 1.87. The van der Waals surface area contributed by atoms with Gasteiger partial charge in [-0.15, -0.1) is 0 Å². The number of nitrogens with one attached hydrogen (secondary N) is 1. The first kappa shape index (κ1) is 15.9. The molecule has 0 spiro atoms. The molecule has 1 amide bonds.